The maximum absolute atomic E-state index is 5.97. The lowest BCUT2D eigenvalue weighted by Crippen LogP contribution is -2.40. The first-order valence-electron chi connectivity index (χ1n) is 5.68. The molecule has 0 amide bonds. The molecule has 1 aliphatic carbocycles. The standard InChI is InChI=1S/C14H16ClN/c1-2-3-7-16-14-9-12(10-14)11-5-4-6-13(15)8-11/h4-6,8,12,14,16H,7,9-10H2,1H3. The lowest BCUT2D eigenvalue weighted by atomic mass is 9.76. The SMILES string of the molecule is CC#CCNC1CC(c2cccc(Cl)c2)C1. The van der Waals surface area contributed by atoms with Crippen LogP contribution in [0.3, 0.4) is 0 Å². The van der Waals surface area contributed by atoms with Gasteiger partial charge in [0.25, 0.3) is 0 Å². The van der Waals surface area contributed by atoms with Crippen molar-refractivity contribution in [3.63, 3.8) is 0 Å². The summed E-state index contributed by atoms with van der Waals surface area (Å²) < 4.78 is 0. The Morgan fingerprint density at radius 1 is 1.44 bits per heavy atom. The molecule has 1 aromatic rings. The van der Waals surface area contributed by atoms with Gasteiger partial charge in [0.1, 0.15) is 0 Å². The van der Waals surface area contributed by atoms with Gasteiger partial charge in [-0.25, -0.2) is 0 Å². The van der Waals surface area contributed by atoms with E-state index in [4.69, 9.17) is 11.6 Å². The first-order valence-corrected chi connectivity index (χ1v) is 6.06. The first kappa shape index (κ1) is 11.5. The fraction of sp³-hybridized carbons (Fsp3) is 0.429. The third-order valence-electron chi connectivity index (χ3n) is 3.11. The molecule has 2 rings (SSSR count). The highest BCUT2D eigenvalue weighted by molar-refractivity contribution is 6.30. The molecule has 1 N–H and O–H groups in total. The van der Waals surface area contributed by atoms with Crippen LogP contribution in [0.1, 0.15) is 31.2 Å². The van der Waals surface area contributed by atoms with E-state index in [0.717, 1.165) is 11.6 Å². The number of halogens is 1. The van der Waals surface area contributed by atoms with Gasteiger partial charge < -0.3 is 5.32 Å². The van der Waals surface area contributed by atoms with Gasteiger partial charge in [-0.1, -0.05) is 29.7 Å². The Labute approximate surface area is 102 Å². The zero-order valence-corrected chi connectivity index (χ0v) is 10.2. The van der Waals surface area contributed by atoms with E-state index in [0.29, 0.717) is 12.0 Å². The van der Waals surface area contributed by atoms with Crippen LogP contribution in [-0.2, 0) is 0 Å². The number of rotatable bonds is 3. The Morgan fingerprint density at radius 3 is 2.94 bits per heavy atom. The average molecular weight is 234 g/mol. The van der Waals surface area contributed by atoms with Gasteiger partial charge in [-0.15, -0.1) is 5.92 Å². The Hall–Kier alpha value is -0.970. The van der Waals surface area contributed by atoms with Crippen molar-refractivity contribution >= 4 is 11.6 Å². The predicted molar refractivity (Wildman–Crippen MR) is 68.7 cm³/mol. The first-order chi connectivity index (χ1) is 7.79. The smallest absolute Gasteiger partial charge is 0.0578 e. The Bertz CT molecular complexity index is 410. The average Bonchev–Trinajstić information content (AvgIpc) is 2.21. The molecule has 1 aliphatic rings. The molecule has 0 spiro atoms. The minimum absolute atomic E-state index is 0.629. The lowest BCUT2D eigenvalue weighted by molar-refractivity contribution is 0.301. The third-order valence-corrected chi connectivity index (χ3v) is 3.35. The van der Waals surface area contributed by atoms with Gasteiger partial charge in [0.05, 0.1) is 6.54 Å². The normalized spacial score (nSPS) is 23.1. The summed E-state index contributed by atoms with van der Waals surface area (Å²) in [6, 6.07) is 8.83. The second-order valence-corrected chi connectivity index (χ2v) is 4.66. The zero-order chi connectivity index (χ0) is 11.4. The summed E-state index contributed by atoms with van der Waals surface area (Å²) in [5.74, 6) is 6.59. The molecular formula is C14H16ClN. The molecule has 0 bridgehead atoms. The number of hydrogen-bond acceptors (Lipinski definition) is 1. The van der Waals surface area contributed by atoms with Crippen molar-refractivity contribution in [3.8, 4) is 11.8 Å². The fourth-order valence-corrected chi connectivity index (χ4v) is 2.30. The van der Waals surface area contributed by atoms with Crippen molar-refractivity contribution < 1.29 is 0 Å². The minimum atomic E-state index is 0.629. The Kier molecular flexibility index (Phi) is 3.88. The van der Waals surface area contributed by atoms with Crippen molar-refractivity contribution in [1.82, 2.24) is 5.32 Å². The van der Waals surface area contributed by atoms with Gasteiger partial charge in [-0.05, 0) is 43.4 Å². The van der Waals surface area contributed by atoms with E-state index in [2.05, 4.69) is 29.3 Å². The van der Waals surface area contributed by atoms with Crippen LogP contribution >= 0.6 is 11.6 Å². The molecular weight excluding hydrogens is 218 g/mol. The molecule has 16 heavy (non-hydrogen) atoms. The Balaban J connectivity index is 1.81. The van der Waals surface area contributed by atoms with Crippen molar-refractivity contribution in [2.24, 2.45) is 0 Å². The van der Waals surface area contributed by atoms with Gasteiger partial charge in [0, 0.05) is 11.1 Å². The number of hydrogen-bond donors (Lipinski definition) is 1. The van der Waals surface area contributed by atoms with Crippen LogP contribution in [0.4, 0.5) is 0 Å². The van der Waals surface area contributed by atoms with E-state index in [1.54, 1.807) is 0 Å². The predicted octanol–water partition coefficient (Wildman–Crippen LogP) is 3.20. The molecule has 1 saturated carbocycles. The van der Waals surface area contributed by atoms with Gasteiger partial charge in [0.15, 0.2) is 0 Å². The van der Waals surface area contributed by atoms with Crippen molar-refractivity contribution in [2.75, 3.05) is 6.54 Å². The maximum atomic E-state index is 5.97. The van der Waals surface area contributed by atoms with Gasteiger partial charge >= 0.3 is 0 Å². The van der Waals surface area contributed by atoms with Crippen LogP contribution in [0, 0.1) is 11.8 Å². The summed E-state index contributed by atoms with van der Waals surface area (Å²) in [7, 11) is 0. The summed E-state index contributed by atoms with van der Waals surface area (Å²) >= 11 is 5.97. The van der Waals surface area contributed by atoms with Gasteiger partial charge in [-0.3, -0.25) is 0 Å². The van der Waals surface area contributed by atoms with E-state index >= 15 is 0 Å². The molecule has 0 aromatic heterocycles. The van der Waals surface area contributed by atoms with E-state index in [9.17, 15) is 0 Å². The van der Waals surface area contributed by atoms with Crippen LogP contribution in [-0.4, -0.2) is 12.6 Å². The Morgan fingerprint density at radius 2 is 2.25 bits per heavy atom. The molecule has 1 aromatic carbocycles. The van der Waals surface area contributed by atoms with E-state index in [-0.39, 0.29) is 0 Å². The minimum Gasteiger partial charge on any atom is -0.303 e. The van der Waals surface area contributed by atoms with Crippen LogP contribution in [0.25, 0.3) is 0 Å². The van der Waals surface area contributed by atoms with E-state index in [1.165, 1.54) is 18.4 Å². The van der Waals surface area contributed by atoms with Crippen molar-refractivity contribution in [1.29, 1.82) is 0 Å². The summed E-state index contributed by atoms with van der Waals surface area (Å²) in [6.07, 6.45) is 2.40. The highest BCUT2D eigenvalue weighted by Gasteiger charge is 2.29. The highest BCUT2D eigenvalue weighted by atomic mass is 35.5. The molecule has 0 radical (unpaired) electrons. The maximum Gasteiger partial charge on any atom is 0.0578 e. The second kappa shape index (κ2) is 5.39. The largest absolute Gasteiger partial charge is 0.303 e. The molecule has 84 valence electrons. The third kappa shape index (κ3) is 2.78. The fourth-order valence-electron chi connectivity index (χ4n) is 2.10. The van der Waals surface area contributed by atoms with Crippen LogP contribution < -0.4 is 5.32 Å². The van der Waals surface area contributed by atoms with E-state index < -0.39 is 0 Å². The molecule has 1 nitrogen and oxygen atoms in total. The molecule has 0 saturated heterocycles. The summed E-state index contributed by atoms with van der Waals surface area (Å²) in [6.45, 7) is 2.68. The van der Waals surface area contributed by atoms with Crippen LogP contribution in [0.15, 0.2) is 24.3 Å². The molecule has 0 unspecified atom stereocenters. The van der Waals surface area contributed by atoms with Gasteiger partial charge in [-0.2, -0.15) is 0 Å². The van der Waals surface area contributed by atoms with Gasteiger partial charge in [0.2, 0.25) is 0 Å². The quantitative estimate of drug-likeness (QED) is 0.791. The molecule has 0 aliphatic heterocycles. The second-order valence-electron chi connectivity index (χ2n) is 4.23. The van der Waals surface area contributed by atoms with E-state index in [1.807, 2.05) is 19.1 Å². The molecule has 1 fully saturated rings. The highest BCUT2D eigenvalue weighted by Crippen LogP contribution is 2.37. The van der Waals surface area contributed by atoms with Crippen molar-refractivity contribution in [2.45, 2.75) is 31.7 Å². The molecule has 0 atom stereocenters. The summed E-state index contributed by atoms with van der Waals surface area (Å²) in [5, 5.41) is 4.27. The van der Waals surface area contributed by atoms with Crippen LogP contribution in [0.2, 0.25) is 5.02 Å². The zero-order valence-electron chi connectivity index (χ0n) is 9.46. The monoisotopic (exact) mass is 233 g/mol. The molecule has 0 heterocycles. The summed E-state index contributed by atoms with van der Waals surface area (Å²) in [5.41, 5.74) is 1.37. The number of nitrogens with one attached hydrogen (secondary N) is 1. The lowest BCUT2D eigenvalue weighted by Gasteiger charge is -2.36. The molecule has 2 heteroatoms. The topological polar surface area (TPSA) is 12.0 Å². The van der Waals surface area contributed by atoms with Crippen LogP contribution in [0.5, 0.6) is 0 Å². The summed E-state index contributed by atoms with van der Waals surface area (Å²) in [4.78, 5) is 0. The van der Waals surface area contributed by atoms with Crippen molar-refractivity contribution in [3.05, 3.63) is 34.9 Å². The number of benzene rings is 1.